The highest BCUT2D eigenvalue weighted by atomic mass is 16.7. The van der Waals surface area contributed by atoms with E-state index < -0.39 is 17.7 Å². The molecule has 0 radical (unpaired) electrons. The molecule has 0 saturated carbocycles. The van der Waals surface area contributed by atoms with Crippen LogP contribution in [0.3, 0.4) is 0 Å². The Morgan fingerprint density at radius 3 is 2.39 bits per heavy atom. The van der Waals surface area contributed by atoms with Crippen LogP contribution in [0.5, 0.6) is 5.88 Å². The molecular weight excluding hydrogens is 300 g/mol. The molecule has 1 aliphatic rings. The zero-order valence-corrected chi connectivity index (χ0v) is 13.9. The van der Waals surface area contributed by atoms with Crippen molar-refractivity contribution in [2.75, 3.05) is 12.4 Å². The topological polar surface area (TPSA) is 86.8 Å². The summed E-state index contributed by atoms with van der Waals surface area (Å²) >= 11 is 0. The van der Waals surface area contributed by atoms with E-state index in [0.29, 0.717) is 17.3 Å². The van der Waals surface area contributed by atoms with Crippen LogP contribution in [0.2, 0.25) is 0 Å². The number of aryl methyl sites for hydroxylation is 1. The number of allylic oxidation sites excluding steroid dienone is 1. The molecule has 1 saturated heterocycles. The normalized spacial score (nSPS) is 16.5. The van der Waals surface area contributed by atoms with Gasteiger partial charge in [0.05, 0.1) is 7.11 Å². The molecule has 1 N–H and O–H groups in total. The van der Waals surface area contributed by atoms with Crippen LogP contribution < -0.4 is 10.1 Å². The van der Waals surface area contributed by atoms with E-state index in [-0.39, 0.29) is 5.57 Å². The molecule has 0 aromatic carbocycles. The van der Waals surface area contributed by atoms with E-state index in [1.165, 1.54) is 21.0 Å². The molecule has 1 aromatic heterocycles. The van der Waals surface area contributed by atoms with Crippen molar-refractivity contribution in [3.8, 4) is 5.88 Å². The van der Waals surface area contributed by atoms with E-state index in [0.717, 1.165) is 12.1 Å². The second-order valence-electron chi connectivity index (χ2n) is 5.52. The van der Waals surface area contributed by atoms with Gasteiger partial charge >= 0.3 is 11.9 Å². The Morgan fingerprint density at radius 2 is 1.87 bits per heavy atom. The molecule has 2 heterocycles. The monoisotopic (exact) mass is 320 g/mol. The number of pyridine rings is 1. The van der Waals surface area contributed by atoms with Gasteiger partial charge in [-0.1, -0.05) is 6.92 Å². The standard InChI is InChI=1S/C16H20N2O5/c1-6-10-7-8-11(13(18-10)21-5)17-9(2)12-14(19)22-16(3,4)23-15(12)20/h7-8,17H,6H2,1-5H3. The molecule has 0 aliphatic carbocycles. The first kappa shape index (κ1) is 16.8. The molecule has 0 amide bonds. The zero-order chi connectivity index (χ0) is 17.2. The third-order valence-electron chi connectivity index (χ3n) is 3.26. The second-order valence-corrected chi connectivity index (χ2v) is 5.52. The molecule has 23 heavy (non-hydrogen) atoms. The lowest BCUT2D eigenvalue weighted by Gasteiger charge is -2.30. The number of esters is 2. The molecular formula is C16H20N2O5. The Morgan fingerprint density at radius 1 is 1.26 bits per heavy atom. The lowest BCUT2D eigenvalue weighted by atomic mass is 10.1. The van der Waals surface area contributed by atoms with Crippen molar-refractivity contribution < 1.29 is 23.8 Å². The molecule has 124 valence electrons. The number of hydrogen-bond donors (Lipinski definition) is 1. The Kier molecular flexibility index (Phi) is 4.58. The Labute approximate surface area is 134 Å². The maximum absolute atomic E-state index is 12.0. The van der Waals surface area contributed by atoms with E-state index in [1.54, 1.807) is 13.0 Å². The van der Waals surface area contributed by atoms with Crippen LogP contribution >= 0.6 is 0 Å². The van der Waals surface area contributed by atoms with Crippen molar-refractivity contribution in [2.24, 2.45) is 0 Å². The molecule has 0 atom stereocenters. The maximum atomic E-state index is 12.0. The molecule has 2 rings (SSSR count). The summed E-state index contributed by atoms with van der Waals surface area (Å²) in [6, 6.07) is 3.61. The van der Waals surface area contributed by atoms with Crippen molar-refractivity contribution in [3.05, 3.63) is 29.1 Å². The zero-order valence-electron chi connectivity index (χ0n) is 13.9. The number of anilines is 1. The van der Waals surface area contributed by atoms with Gasteiger partial charge in [0.15, 0.2) is 5.57 Å². The first-order valence-corrected chi connectivity index (χ1v) is 7.26. The summed E-state index contributed by atoms with van der Waals surface area (Å²) in [5, 5.41) is 2.96. The highest BCUT2D eigenvalue weighted by Gasteiger charge is 2.40. The van der Waals surface area contributed by atoms with Crippen LogP contribution in [-0.2, 0) is 25.5 Å². The van der Waals surface area contributed by atoms with Gasteiger partial charge in [-0.3, -0.25) is 0 Å². The van der Waals surface area contributed by atoms with Crippen molar-refractivity contribution in [3.63, 3.8) is 0 Å². The minimum atomic E-state index is -1.26. The van der Waals surface area contributed by atoms with Gasteiger partial charge in [-0.2, -0.15) is 0 Å². The molecule has 0 spiro atoms. The lowest BCUT2D eigenvalue weighted by Crippen LogP contribution is -2.42. The Hall–Kier alpha value is -2.57. The SMILES string of the molecule is CCc1ccc(NC(C)=C2C(=O)OC(C)(C)OC2=O)c(OC)n1. The van der Waals surface area contributed by atoms with Crippen molar-refractivity contribution in [1.29, 1.82) is 0 Å². The summed E-state index contributed by atoms with van der Waals surface area (Å²) in [5.74, 6) is -2.34. The first-order chi connectivity index (χ1) is 10.8. The highest BCUT2D eigenvalue weighted by Crippen LogP contribution is 2.28. The summed E-state index contributed by atoms with van der Waals surface area (Å²) < 4.78 is 15.4. The van der Waals surface area contributed by atoms with Crippen molar-refractivity contribution in [1.82, 2.24) is 4.98 Å². The number of aromatic nitrogens is 1. The van der Waals surface area contributed by atoms with Gasteiger partial charge in [0, 0.05) is 25.2 Å². The molecule has 7 heteroatoms. The number of carbonyl (C=O) groups is 2. The van der Waals surface area contributed by atoms with Crippen molar-refractivity contribution >= 4 is 17.6 Å². The van der Waals surface area contributed by atoms with Gasteiger partial charge in [-0.05, 0) is 25.5 Å². The number of carbonyl (C=O) groups excluding carboxylic acids is 2. The number of nitrogens with zero attached hydrogens (tertiary/aromatic N) is 1. The van der Waals surface area contributed by atoms with Gasteiger partial charge in [0.2, 0.25) is 5.88 Å². The van der Waals surface area contributed by atoms with Crippen LogP contribution in [-0.4, -0.2) is 29.8 Å². The highest BCUT2D eigenvalue weighted by molar-refractivity contribution is 6.16. The number of cyclic esters (lactones) is 2. The van der Waals surface area contributed by atoms with Gasteiger partial charge in [0.1, 0.15) is 5.69 Å². The summed E-state index contributed by atoms with van der Waals surface area (Å²) in [4.78, 5) is 28.4. The molecule has 0 bridgehead atoms. The fourth-order valence-electron chi connectivity index (χ4n) is 2.15. The first-order valence-electron chi connectivity index (χ1n) is 7.26. The number of ether oxygens (including phenoxy) is 3. The van der Waals surface area contributed by atoms with Gasteiger partial charge < -0.3 is 19.5 Å². The minimum Gasteiger partial charge on any atom is -0.480 e. The smallest absolute Gasteiger partial charge is 0.350 e. The fourth-order valence-corrected chi connectivity index (χ4v) is 2.15. The number of rotatable bonds is 4. The molecule has 1 aromatic rings. The Bertz CT molecular complexity index is 657. The van der Waals surface area contributed by atoms with Crippen LogP contribution in [0.15, 0.2) is 23.4 Å². The predicted molar refractivity (Wildman–Crippen MR) is 82.8 cm³/mol. The maximum Gasteiger partial charge on any atom is 0.350 e. The molecule has 7 nitrogen and oxygen atoms in total. The largest absolute Gasteiger partial charge is 0.480 e. The third-order valence-corrected chi connectivity index (χ3v) is 3.26. The summed E-state index contributed by atoms with van der Waals surface area (Å²) in [7, 11) is 1.50. The second kappa shape index (κ2) is 6.28. The van der Waals surface area contributed by atoms with Gasteiger partial charge in [0.25, 0.3) is 5.79 Å². The fraction of sp³-hybridized carbons (Fsp3) is 0.438. The van der Waals surface area contributed by atoms with E-state index >= 15 is 0 Å². The van der Waals surface area contributed by atoms with Crippen LogP contribution in [0.25, 0.3) is 0 Å². The average Bonchev–Trinajstić information content (AvgIpc) is 2.45. The van der Waals surface area contributed by atoms with E-state index in [9.17, 15) is 9.59 Å². The molecule has 0 unspecified atom stereocenters. The molecule has 1 fully saturated rings. The van der Waals surface area contributed by atoms with E-state index in [1.807, 2.05) is 13.0 Å². The molecule has 1 aliphatic heterocycles. The summed E-state index contributed by atoms with van der Waals surface area (Å²) in [5.41, 5.74) is 1.54. The average molecular weight is 320 g/mol. The van der Waals surface area contributed by atoms with E-state index in [2.05, 4.69) is 10.3 Å². The van der Waals surface area contributed by atoms with Gasteiger partial charge in [-0.15, -0.1) is 0 Å². The van der Waals surface area contributed by atoms with Gasteiger partial charge in [-0.25, -0.2) is 14.6 Å². The van der Waals surface area contributed by atoms with Crippen molar-refractivity contribution in [2.45, 2.75) is 39.9 Å². The predicted octanol–water partition coefficient (Wildman–Crippen LogP) is 2.17. The number of nitrogens with one attached hydrogen (secondary N) is 1. The number of hydrogen-bond acceptors (Lipinski definition) is 7. The lowest BCUT2D eigenvalue weighted by molar-refractivity contribution is -0.222. The van der Waals surface area contributed by atoms with Crippen LogP contribution in [0.4, 0.5) is 5.69 Å². The third kappa shape index (κ3) is 3.61. The van der Waals surface area contributed by atoms with Crippen LogP contribution in [0, 0.1) is 0 Å². The van der Waals surface area contributed by atoms with Crippen LogP contribution in [0.1, 0.15) is 33.4 Å². The Balaban J connectivity index is 2.32. The quantitative estimate of drug-likeness (QED) is 0.517. The minimum absolute atomic E-state index is 0.175. The summed E-state index contributed by atoms with van der Waals surface area (Å²) in [6.07, 6.45) is 0.768. The van der Waals surface area contributed by atoms with E-state index in [4.69, 9.17) is 14.2 Å². The number of methoxy groups -OCH3 is 1. The summed E-state index contributed by atoms with van der Waals surface area (Å²) in [6.45, 7) is 6.57.